The number of benzene rings is 3. The van der Waals surface area contributed by atoms with Crippen LogP contribution in [0.25, 0.3) is 22.4 Å². The van der Waals surface area contributed by atoms with Gasteiger partial charge in [0.25, 0.3) is 0 Å². The van der Waals surface area contributed by atoms with Crippen LogP contribution in [0.3, 0.4) is 0 Å². The molecule has 6 heteroatoms. The average Bonchev–Trinajstić information content (AvgIpc) is 3.23. The number of esters is 1. The minimum absolute atomic E-state index is 0.212. The van der Waals surface area contributed by atoms with Gasteiger partial charge in [-0.2, -0.15) is 0 Å². The highest BCUT2D eigenvalue weighted by molar-refractivity contribution is 7.09. The number of hydrogen-bond donors (Lipinski definition) is 0. The van der Waals surface area contributed by atoms with Crippen LogP contribution in [0.5, 0.6) is 0 Å². The van der Waals surface area contributed by atoms with Gasteiger partial charge in [0.15, 0.2) is 6.10 Å². The molecule has 1 aliphatic rings. The number of carbonyl (C=O) groups excluding carboxylic acids is 1. The van der Waals surface area contributed by atoms with Gasteiger partial charge in [-0.3, -0.25) is 14.2 Å². The monoisotopic (exact) mass is 431 g/mol. The van der Waals surface area contributed by atoms with E-state index in [2.05, 4.69) is 0 Å². The zero-order chi connectivity index (χ0) is 21.5. The summed E-state index contributed by atoms with van der Waals surface area (Å²) in [7, 11) is 0. The number of aromatic nitrogens is 1. The first kappa shape index (κ1) is 19.5. The summed E-state index contributed by atoms with van der Waals surface area (Å²) in [5, 5.41) is 0. The second kappa shape index (κ2) is 7.63. The lowest BCUT2D eigenvalue weighted by atomic mass is 10.1. The molecule has 31 heavy (non-hydrogen) atoms. The first-order valence-electron chi connectivity index (χ1n) is 9.87. The molecule has 0 unspecified atom stereocenters. The molecule has 0 amide bonds. The second-order valence-electron chi connectivity index (χ2n) is 7.41. The molecule has 4 nitrogen and oxygen atoms in total. The third-order valence-corrected chi connectivity index (χ3v) is 6.39. The fourth-order valence-corrected chi connectivity index (χ4v) is 5.01. The standard InChI is InChI=1S/C25H18FNO3S/c1-15-23(16-10-12-17(26)13-11-16)27(25(29)31-15)14-22(28)30-24-20-8-4-2-6-18(20)19-7-3-5-9-21(19)24/h2-13,24H,14H2,1H3. The average molecular weight is 431 g/mol. The summed E-state index contributed by atoms with van der Waals surface area (Å²) in [5.41, 5.74) is 5.26. The van der Waals surface area contributed by atoms with Crippen LogP contribution in [-0.2, 0) is 16.1 Å². The molecule has 0 spiro atoms. The number of thiazole rings is 1. The smallest absolute Gasteiger partial charge is 0.327 e. The van der Waals surface area contributed by atoms with Crippen LogP contribution in [0, 0.1) is 12.7 Å². The zero-order valence-electron chi connectivity index (χ0n) is 16.7. The zero-order valence-corrected chi connectivity index (χ0v) is 17.5. The van der Waals surface area contributed by atoms with Gasteiger partial charge in [0.05, 0.1) is 5.69 Å². The molecule has 154 valence electrons. The molecule has 0 radical (unpaired) electrons. The van der Waals surface area contributed by atoms with E-state index in [0.29, 0.717) is 11.3 Å². The highest BCUT2D eigenvalue weighted by Gasteiger charge is 2.31. The van der Waals surface area contributed by atoms with Crippen LogP contribution in [-0.4, -0.2) is 10.5 Å². The molecule has 0 fully saturated rings. The number of carbonyl (C=O) groups is 1. The maximum absolute atomic E-state index is 13.3. The van der Waals surface area contributed by atoms with Gasteiger partial charge in [-0.15, -0.1) is 0 Å². The van der Waals surface area contributed by atoms with Gasteiger partial charge in [0.1, 0.15) is 12.4 Å². The molecule has 0 bridgehead atoms. The molecule has 5 rings (SSSR count). The van der Waals surface area contributed by atoms with Crippen molar-refractivity contribution in [2.75, 3.05) is 0 Å². The van der Waals surface area contributed by atoms with Crippen LogP contribution >= 0.6 is 11.3 Å². The third-order valence-electron chi connectivity index (χ3n) is 5.50. The Morgan fingerprint density at radius 2 is 1.55 bits per heavy atom. The summed E-state index contributed by atoms with van der Waals surface area (Å²) in [5.74, 6) is -0.858. The molecule has 0 saturated heterocycles. The van der Waals surface area contributed by atoms with Crippen LogP contribution in [0.1, 0.15) is 22.1 Å². The molecule has 0 N–H and O–H groups in total. The molecule has 0 saturated carbocycles. The Labute approximate surface area is 182 Å². The van der Waals surface area contributed by atoms with E-state index in [1.807, 2.05) is 55.5 Å². The van der Waals surface area contributed by atoms with Crippen molar-refractivity contribution in [3.05, 3.63) is 104 Å². The molecule has 1 aromatic heterocycles. The van der Waals surface area contributed by atoms with Crippen molar-refractivity contribution in [3.63, 3.8) is 0 Å². The van der Waals surface area contributed by atoms with E-state index < -0.39 is 12.1 Å². The van der Waals surface area contributed by atoms with E-state index in [1.54, 1.807) is 12.1 Å². The number of nitrogens with zero attached hydrogens (tertiary/aromatic N) is 1. The summed E-state index contributed by atoms with van der Waals surface area (Å²) in [6.07, 6.45) is -0.510. The summed E-state index contributed by atoms with van der Waals surface area (Å²) in [6, 6.07) is 21.6. The van der Waals surface area contributed by atoms with Gasteiger partial charge in [0, 0.05) is 16.0 Å². The Kier molecular flexibility index (Phi) is 4.79. The minimum atomic E-state index is -0.510. The van der Waals surface area contributed by atoms with Crippen LogP contribution < -0.4 is 4.87 Å². The van der Waals surface area contributed by atoms with Gasteiger partial charge in [-0.05, 0) is 47.9 Å². The summed E-state index contributed by atoms with van der Waals surface area (Å²) >= 11 is 1.06. The summed E-state index contributed by atoms with van der Waals surface area (Å²) in [6.45, 7) is 1.60. The van der Waals surface area contributed by atoms with Gasteiger partial charge in [-0.25, -0.2) is 4.39 Å². The Morgan fingerprint density at radius 3 is 2.16 bits per heavy atom. The lowest BCUT2D eigenvalue weighted by Gasteiger charge is -2.16. The predicted molar refractivity (Wildman–Crippen MR) is 119 cm³/mol. The minimum Gasteiger partial charge on any atom is -0.451 e. The number of fused-ring (bicyclic) bond motifs is 3. The van der Waals surface area contributed by atoms with E-state index in [9.17, 15) is 14.0 Å². The van der Waals surface area contributed by atoms with Crippen LogP contribution in [0.15, 0.2) is 77.6 Å². The highest BCUT2D eigenvalue weighted by atomic mass is 32.1. The first-order valence-corrected chi connectivity index (χ1v) is 10.7. The van der Waals surface area contributed by atoms with Crippen molar-refractivity contribution in [2.45, 2.75) is 19.6 Å². The molecular weight excluding hydrogens is 413 g/mol. The number of hydrogen-bond acceptors (Lipinski definition) is 4. The van der Waals surface area contributed by atoms with Crippen LogP contribution in [0.2, 0.25) is 0 Å². The summed E-state index contributed by atoms with van der Waals surface area (Å²) in [4.78, 5) is 26.0. The van der Waals surface area contributed by atoms with E-state index in [0.717, 1.165) is 38.5 Å². The van der Waals surface area contributed by atoms with Gasteiger partial charge in [0.2, 0.25) is 0 Å². The van der Waals surface area contributed by atoms with Crippen molar-refractivity contribution in [1.29, 1.82) is 0 Å². The Balaban J connectivity index is 1.46. The number of rotatable bonds is 4. The topological polar surface area (TPSA) is 48.3 Å². The largest absolute Gasteiger partial charge is 0.451 e. The molecule has 1 aliphatic carbocycles. The molecule has 3 aromatic carbocycles. The Hall–Kier alpha value is -3.51. The summed E-state index contributed by atoms with van der Waals surface area (Å²) < 4.78 is 20.6. The molecule has 1 heterocycles. The Bertz CT molecular complexity index is 1310. The number of ether oxygens (including phenoxy) is 1. The van der Waals surface area contributed by atoms with Crippen LogP contribution in [0.4, 0.5) is 4.39 Å². The Morgan fingerprint density at radius 1 is 0.968 bits per heavy atom. The third kappa shape index (κ3) is 3.39. The highest BCUT2D eigenvalue weighted by Crippen LogP contribution is 2.45. The van der Waals surface area contributed by atoms with E-state index in [-0.39, 0.29) is 17.2 Å². The normalized spacial score (nSPS) is 12.5. The van der Waals surface area contributed by atoms with E-state index >= 15 is 0 Å². The van der Waals surface area contributed by atoms with Crippen molar-refractivity contribution in [3.8, 4) is 22.4 Å². The van der Waals surface area contributed by atoms with Gasteiger partial charge in [-0.1, -0.05) is 59.9 Å². The number of halogens is 1. The second-order valence-corrected chi connectivity index (χ2v) is 8.58. The van der Waals surface area contributed by atoms with Gasteiger partial charge < -0.3 is 4.74 Å². The molecule has 0 aliphatic heterocycles. The fourth-order valence-electron chi connectivity index (χ4n) is 4.16. The van der Waals surface area contributed by atoms with Crippen molar-refractivity contribution >= 4 is 17.3 Å². The predicted octanol–water partition coefficient (Wildman–Crippen LogP) is 5.34. The van der Waals surface area contributed by atoms with E-state index in [1.165, 1.54) is 16.7 Å². The van der Waals surface area contributed by atoms with Crippen molar-refractivity contribution < 1.29 is 13.9 Å². The maximum atomic E-state index is 13.3. The lowest BCUT2D eigenvalue weighted by Crippen LogP contribution is -2.23. The van der Waals surface area contributed by atoms with Gasteiger partial charge >= 0.3 is 10.8 Å². The molecule has 0 atom stereocenters. The SMILES string of the molecule is Cc1sc(=O)n(CC(=O)OC2c3ccccc3-c3ccccc32)c1-c1ccc(F)cc1. The number of aryl methyl sites for hydroxylation is 1. The van der Waals surface area contributed by atoms with Crippen molar-refractivity contribution in [2.24, 2.45) is 0 Å². The lowest BCUT2D eigenvalue weighted by molar-refractivity contribution is -0.148. The molecule has 4 aromatic rings. The maximum Gasteiger partial charge on any atom is 0.327 e. The quantitative estimate of drug-likeness (QED) is 0.410. The van der Waals surface area contributed by atoms with Crippen molar-refractivity contribution in [1.82, 2.24) is 4.57 Å². The first-order chi connectivity index (χ1) is 15.0. The fraction of sp³-hybridized carbons (Fsp3) is 0.120. The molecular formula is C25H18FNO3S. The van der Waals surface area contributed by atoms with E-state index in [4.69, 9.17) is 4.74 Å².